The molecule has 1 aromatic heterocycles. The minimum atomic E-state index is -0.692. The molecule has 2 amide bonds. The van der Waals surface area contributed by atoms with Crippen LogP contribution in [0.25, 0.3) is 11.5 Å². The fourth-order valence-corrected chi connectivity index (χ4v) is 2.87. The summed E-state index contributed by atoms with van der Waals surface area (Å²) in [6.45, 7) is 3.51. The van der Waals surface area contributed by atoms with E-state index in [0.29, 0.717) is 22.8 Å². The standard InChI is InChI=1S/C20H18N6O3/c1-12-8-9-14(19-24-21-11-29-19)10-16(12)23-18(27)17-22-13(2)20(28)26(25-17)15-6-4-3-5-7-15/h3-11,13H,1-2H3,(H,22,25)(H,23,27). The lowest BCUT2D eigenvalue weighted by Gasteiger charge is -2.30. The Balaban J connectivity index is 1.58. The number of para-hydroxylation sites is 1. The Morgan fingerprint density at radius 2 is 2.00 bits per heavy atom. The maximum Gasteiger partial charge on any atom is 0.292 e. The van der Waals surface area contributed by atoms with Crippen molar-refractivity contribution in [1.29, 1.82) is 0 Å². The number of amidine groups is 1. The largest absolute Gasteiger partial charge is 0.423 e. The zero-order valence-electron chi connectivity index (χ0n) is 15.8. The van der Waals surface area contributed by atoms with Crippen LogP contribution < -0.4 is 15.8 Å². The highest BCUT2D eigenvalue weighted by Crippen LogP contribution is 2.24. The van der Waals surface area contributed by atoms with Crippen molar-refractivity contribution in [2.45, 2.75) is 19.9 Å². The molecule has 0 bridgehead atoms. The maximum absolute atomic E-state index is 12.9. The number of aliphatic imine (C=N–C) groups is 1. The van der Waals surface area contributed by atoms with E-state index in [1.165, 1.54) is 11.4 Å². The highest BCUT2D eigenvalue weighted by Gasteiger charge is 2.30. The lowest BCUT2D eigenvalue weighted by Crippen LogP contribution is -2.57. The van der Waals surface area contributed by atoms with Crippen LogP contribution in [0.1, 0.15) is 12.5 Å². The highest BCUT2D eigenvalue weighted by atomic mass is 16.4. The Morgan fingerprint density at radius 3 is 2.72 bits per heavy atom. The summed E-state index contributed by atoms with van der Waals surface area (Å²) in [5, 5.41) is 11.7. The summed E-state index contributed by atoms with van der Waals surface area (Å²) in [6, 6.07) is 13.7. The molecule has 3 aromatic rings. The predicted octanol–water partition coefficient (Wildman–Crippen LogP) is 2.32. The molecule has 1 unspecified atom stereocenters. The van der Waals surface area contributed by atoms with Gasteiger partial charge in [0.15, 0.2) is 0 Å². The number of nitrogens with one attached hydrogen (secondary N) is 2. The van der Waals surface area contributed by atoms with E-state index in [1.54, 1.807) is 25.1 Å². The third-order valence-corrected chi connectivity index (χ3v) is 4.44. The minimum Gasteiger partial charge on any atom is -0.423 e. The Bertz CT molecular complexity index is 1080. The van der Waals surface area contributed by atoms with Crippen LogP contribution in [0.2, 0.25) is 0 Å². The van der Waals surface area contributed by atoms with Crippen molar-refractivity contribution in [2.75, 3.05) is 10.3 Å². The molecule has 2 heterocycles. The van der Waals surface area contributed by atoms with E-state index >= 15 is 0 Å². The van der Waals surface area contributed by atoms with Gasteiger partial charge in [0.05, 0.1) is 5.69 Å². The first-order valence-corrected chi connectivity index (χ1v) is 8.95. The molecule has 9 nitrogen and oxygen atoms in total. The van der Waals surface area contributed by atoms with Crippen LogP contribution in [-0.2, 0) is 9.59 Å². The Labute approximate surface area is 166 Å². The van der Waals surface area contributed by atoms with Crippen LogP contribution in [0, 0.1) is 6.92 Å². The van der Waals surface area contributed by atoms with Gasteiger partial charge < -0.3 is 9.73 Å². The highest BCUT2D eigenvalue weighted by molar-refractivity contribution is 6.43. The number of carbonyl (C=O) groups excluding carboxylic acids is 2. The Morgan fingerprint density at radius 1 is 1.21 bits per heavy atom. The molecule has 2 aromatic carbocycles. The smallest absolute Gasteiger partial charge is 0.292 e. The van der Waals surface area contributed by atoms with E-state index in [4.69, 9.17) is 4.42 Å². The van der Waals surface area contributed by atoms with Crippen LogP contribution in [0.4, 0.5) is 11.4 Å². The number of hydrogen-bond acceptors (Lipinski definition) is 7. The zero-order chi connectivity index (χ0) is 20.4. The molecular weight excluding hydrogens is 372 g/mol. The summed E-state index contributed by atoms with van der Waals surface area (Å²) in [7, 11) is 0. The van der Waals surface area contributed by atoms with E-state index in [1.807, 2.05) is 37.3 Å². The van der Waals surface area contributed by atoms with Crippen molar-refractivity contribution in [2.24, 2.45) is 4.99 Å². The average molecular weight is 390 g/mol. The fourth-order valence-electron chi connectivity index (χ4n) is 2.87. The lowest BCUT2D eigenvalue weighted by molar-refractivity contribution is -0.120. The zero-order valence-corrected chi connectivity index (χ0v) is 15.8. The van der Waals surface area contributed by atoms with Crippen LogP contribution in [0.5, 0.6) is 0 Å². The van der Waals surface area contributed by atoms with Crippen LogP contribution in [-0.4, -0.2) is 33.9 Å². The van der Waals surface area contributed by atoms with Gasteiger partial charge in [-0.25, -0.2) is 10.0 Å². The van der Waals surface area contributed by atoms with Gasteiger partial charge in [-0.05, 0) is 43.7 Å². The predicted molar refractivity (Wildman–Crippen MR) is 107 cm³/mol. The number of aromatic nitrogens is 2. The molecule has 0 aliphatic carbocycles. The van der Waals surface area contributed by atoms with Gasteiger partial charge in [0.2, 0.25) is 18.1 Å². The summed E-state index contributed by atoms with van der Waals surface area (Å²) >= 11 is 0. The SMILES string of the molecule is Cc1ccc(-c2nnco2)cc1NC(=O)C1=NC(C)C(=O)N(c2ccccc2)N1. The average Bonchev–Trinajstić information content (AvgIpc) is 3.27. The van der Waals surface area contributed by atoms with Crippen LogP contribution in [0.15, 0.2) is 64.3 Å². The summed E-state index contributed by atoms with van der Waals surface area (Å²) in [6.07, 6.45) is 1.24. The third kappa shape index (κ3) is 3.70. The molecule has 29 heavy (non-hydrogen) atoms. The second kappa shape index (κ2) is 7.55. The molecule has 0 spiro atoms. The van der Waals surface area contributed by atoms with E-state index < -0.39 is 11.9 Å². The summed E-state index contributed by atoms with van der Waals surface area (Å²) in [4.78, 5) is 29.5. The number of carbonyl (C=O) groups is 2. The van der Waals surface area contributed by atoms with Crippen molar-refractivity contribution in [3.63, 3.8) is 0 Å². The summed E-state index contributed by atoms with van der Waals surface area (Å²) < 4.78 is 5.21. The van der Waals surface area contributed by atoms with Gasteiger partial charge in [0.1, 0.15) is 6.04 Å². The minimum absolute atomic E-state index is 0.0450. The van der Waals surface area contributed by atoms with Crippen molar-refractivity contribution in [1.82, 2.24) is 15.6 Å². The Hall–Kier alpha value is -4.01. The molecule has 0 saturated heterocycles. The van der Waals surface area contributed by atoms with Crippen molar-refractivity contribution >= 4 is 29.0 Å². The van der Waals surface area contributed by atoms with Gasteiger partial charge in [0, 0.05) is 11.3 Å². The number of aryl methyl sites for hydroxylation is 1. The first-order valence-electron chi connectivity index (χ1n) is 8.95. The van der Waals surface area contributed by atoms with E-state index in [2.05, 4.69) is 25.9 Å². The molecular formula is C20H18N6O3. The molecule has 1 aliphatic rings. The number of hydrogen-bond donors (Lipinski definition) is 2. The quantitative estimate of drug-likeness (QED) is 0.707. The van der Waals surface area contributed by atoms with Gasteiger partial charge in [0.25, 0.3) is 11.8 Å². The van der Waals surface area contributed by atoms with E-state index in [0.717, 1.165) is 5.56 Å². The molecule has 1 aliphatic heterocycles. The number of hydrazine groups is 1. The topological polar surface area (TPSA) is 113 Å². The molecule has 2 N–H and O–H groups in total. The van der Waals surface area contributed by atoms with Gasteiger partial charge >= 0.3 is 0 Å². The maximum atomic E-state index is 12.9. The van der Waals surface area contributed by atoms with Gasteiger partial charge in [-0.1, -0.05) is 24.3 Å². The monoisotopic (exact) mass is 390 g/mol. The second-order valence-electron chi connectivity index (χ2n) is 6.50. The fraction of sp³-hybridized carbons (Fsp3) is 0.150. The van der Waals surface area contributed by atoms with Gasteiger partial charge in [-0.2, -0.15) is 0 Å². The normalized spacial score (nSPS) is 16.2. The van der Waals surface area contributed by atoms with Crippen molar-refractivity contribution in [3.8, 4) is 11.5 Å². The second-order valence-corrected chi connectivity index (χ2v) is 6.50. The molecule has 1 atom stereocenters. The molecule has 146 valence electrons. The molecule has 0 radical (unpaired) electrons. The number of benzene rings is 2. The number of anilines is 2. The molecule has 0 fully saturated rings. The van der Waals surface area contributed by atoms with Gasteiger partial charge in [-0.15, -0.1) is 10.2 Å². The first-order chi connectivity index (χ1) is 14.0. The van der Waals surface area contributed by atoms with E-state index in [-0.39, 0.29) is 11.7 Å². The first kappa shape index (κ1) is 18.4. The summed E-state index contributed by atoms with van der Waals surface area (Å²) in [5.41, 5.74) is 5.54. The van der Waals surface area contributed by atoms with E-state index in [9.17, 15) is 9.59 Å². The third-order valence-electron chi connectivity index (χ3n) is 4.44. The number of nitrogens with zero attached hydrogens (tertiary/aromatic N) is 4. The number of amides is 2. The molecule has 0 saturated carbocycles. The molecule has 9 heteroatoms. The Kier molecular flexibility index (Phi) is 4.78. The van der Waals surface area contributed by atoms with Gasteiger partial charge in [-0.3, -0.25) is 15.0 Å². The number of rotatable bonds is 4. The van der Waals surface area contributed by atoms with Crippen molar-refractivity contribution < 1.29 is 14.0 Å². The molecule has 4 rings (SSSR count). The lowest BCUT2D eigenvalue weighted by atomic mass is 10.1. The summed E-state index contributed by atoms with van der Waals surface area (Å²) in [5.74, 6) is -0.315. The van der Waals surface area contributed by atoms with Crippen LogP contribution in [0.3, 0.4) is 0 Å². The van der Waals surface area contributed by atoms with Crippen molar-refractivity contribution in [3.05, 3.63) is 60.5 Å². The van der Waals surface area contributed by atoms with Crippen LogP contribution >= 0.6 is 0 Å².